The van der Waals surface area contributed by atoms with Gasteiger partial charge in [0.15, 0.2) is 0 Å². The maximum atomic E-state index is 5.33. The van der Waals surface area contributed by atoms with Gasteiger partial charge >= 0.3 is 0 Å². The van der Waals surface area contributed by atoms with Crippen molar-refractivity contribution in [3.63, 3.8) is 0 Å². The third kappa shape index (κ3) is 2.19. The van der Waals surface area contributed by atoms with Crippen molar-refractivity contribution >= 4 is 0 Å². The summed E-state index contributed by atoms with van der Waals surface area (Å²) in [5.41, 5.74) is 0.895. The molecule has 1 aliphatic heterocycles. The molecule has 5 nitrogen and oxygen atoms in total. The number of nitrogens with one attached hydrogen (secondary N) is 1. The highest BCUT2D eigenvalue weighted by molar-refractivity contribution is 5.51. The predicted octanol–water partition coefficient (Wildman–Crippen LogP) is 1.60. The molecule has 5 heteroatoms. The van der Waals surface area contributed by atoms with Crippen molar-refractivity contribution in [1.82, 2.24) is 20.4 Å². The topological polar surface area (TPSA) is 63.8 Å². The quantitative estimate of drug-likeness (QED) is 0.849. The second-order valence-electron chi connectivity index (χ2n) is 4.24. The summed E-state index contributed by atoms with van der Waals surface area (Å²) < 4.78 is 5.33. The second-order valence-corrected chi connectivity index (χ2v) is 4.24. The van der Waals surface area contributed by atoms with Gasteiger partial charge in [0.05, 0.1) is 5.92 Å². The first-order chi connectivity index (χ1) is 8.43. The fourth-order valence-corrected chi connectivity index (χ4v) is 2.08. The fraction of sp³-hybridized carbons (Fsp3) is 0.417. The Bertz CT molecular complexity index is 476. The van der Waals surface area contributed by atoms with E-state index in [0.717, 1.165) is 37.4 Å². The van der Waals surface area contributed by atoms with E-state index in [9.17, 15) is 0 Å². The molecule has 1 aliphatic rings. The van der Waals surface area contributed by atoms with Gasteiger partial charge in [0, 0.05) is 24.5 Å². The molecule has 0 amide bonds. The molecule has 1 saturated heterocycles. The molecule has 3 heterocycles. The SMILES string of the molecule is c1cncc(-c2noc([C@@H]3CCCNC3)n2)c1. The van der Waals surface area contributed by atoms with Crippen LogP contribution in [0.5, 0.6) is 0 Å². The van der Waals surface area contributed by atoms with E-state index in [2.05, 4.69) is 20.4 Å². The van der Waals surface area contributed by atoms with Crippen LogP contribution in [0.4, 0.5) is 0 Å². The van der Waals surface area contributed by atoms with Gasteiger partial charge in [-0.1, -0.05) is 5.16 Å². The number of hydrogen-bond acceptors (Lipinski definition) is 5. The van der Waals surface area contributed by atoms with Gasteiger partial charge in [0.2, 0.25) is 11.7 Å². The van der Waals surface area contributed by atoms with E-state index in [1.165, 1.54) is 0 Å². The Morgan fingerprint density at radius 2 is 2.41 bits per heavy atom. The highest BCUT2D eigenvalue weighted by Gasteiger charge is 2.21. The van der Waals surface area contributed by atoms with Gasteiger partial charge in [0.1, 0.15) is 0 Å². The molecule has 1 N–H and O–H groups in total. The summed E-state index contributed by atoms with van der Waals surface area (Å²) in [6, 6.07) is 3.80. The van der Waals surface area contributed by atoms with Crippen LogP contribution in [0.2, 0.25) is 0 Å². The molecular formula is C12H14N4O. The Labute approximate surface area is 99.3 Å². The molecule has 0 radical (unpaired) electrons. The van der Waals surface area contributed by atoms with E-state index in [1.54, 1.807) is 12.4 Å². The molecule has 2 aromatic heterocycles. The van der Waals surface area contributed by atoms with Gasteiger partial charge in [-0.3, -0.25) is 4.98 Å². The molecule has 0 aliphatic carbocycles. The largest absolute Gasteiger partial charge is 0.339 e. The highest BCUT2D eigenvalue weighted by Crippen LogP contribution is 2.23. The van der Waals surface area contributed by atoms with Gasteiger partial charge in [-0.25, -0.2) is 0 Å². The summed E-state index contributed by atoms with van der Waals surface area (Å²) in [4.78, 5) is 8.50. The maximum absolute atomic E-state index is 5.33. The Balaban J connectivity index is 1.83. The van der Waals surface area contributed by atoms with Crippen molar-refractivity contribution in [2.75, 3.05) is 13.1 Å². The fourth-order valence-electron chi connectivity index (χ4n) is 2.08. The van der Waals surface area contributed by atoms with Gasteiger partial charge < -0.3 is 9.84 Å². The molecule has 0 aromatic carbocycles. The average Bonchev–Trinajstić information content (AvgIpc) is 2.90. The van der Waals surface area contributed by atoms with Crippen LogP contribution in [-0.2, 0) is 0 Å². The van der Waals surface area contributed by atoms with Crippen LogP contribution in [0.1, 0.15) is 24.7 Å². The molecule has 0 spiro atoms. The minimum Gasteiger partial charge on any atom is -0.339 e. The van der Waals surface area contributed by atoms with E-state index >= 15 is 0 Å². The van der Waals surface area contributed by atoms with Crippen molar-refractivity contribution in [2.45, 2.75) is 18.8 Å². The number of aromatic nitrogens is 3. The van der Waals surface area contributed by atoms with Crippen LogP contribution in [-0.4, -0.2) is 28.2 Å². The lowest BCUT2D eigenvalue weighted by Crippen LogP contribution is -2.28. The Morgan fingerprint density at radius 3 is 3.18 bits per heavy atom. The monoisotopic (exact) mass is 230 g/mol. The van der Waals surface area contributed by atoms with Crippen molar-refractivity contribution in [3.8, 4) is 11.4 Å². The van der Waals surface area contributed by atoms with Crippen LogP contribution >= 0.6 is 0 Å². The molecule has 2 aromatic rings. The molecule has 0 bridgehead atoms. The van der Waals surface area contributed by atoms with Gasteiger partial charge in [0.25, 0.3) is 0 Å². The zero-order valence-corrected chi connectivity index (χ0v) is 9.47. The first kappa shape index (κ1) is 10.4. The Morgan fingerprint density at radius 1 is 1.41 bits per heavy atom. The third-order valence-electron chi connectivity index (χ3n) is 3.01. The summed E-state index contributed by atoms with van der Waals surface area (Å²) >= 11 is 0. The lowest BCUT2D eigenvalue weighted by molar-refractivity contribution is 0.322. The van der Waals surface area contributed by atoms with Crippen LogP contribution in [0.3, 0.4) is 0 Å². The smallest absolute Gasteiger partial charge is 0.231 e. The lowest BCUT2D eigenvalue weighted by atomic mass is 10.00. The zero-order valence-electron chi connectivity index (χ0n) is 9.47. The molecule has 3 rings (SSSR count). The number of hydrogen-bond donors (Lipinski definition) is 1. The van der Waals surface area contributed by atoms with E-state index in [-0.39, 0.29) is 0 Å². The van der Waals surface area contributed by atoms with Crippen LogP contribution < -0.4 is 5.32 Å². The molecule has 17 heavy (non-hydrogen) atoms. The van der Waals surface area contributed by atoms with Gasteiger partial charge in [-0.05, 0) is 31.5 Å². The predicted molar refractivity (Wildman–Crippen MR) is 62.4 cm³/mol. The number of pyridine rings is 1. The van der Waals surface area contributed by atoms with Crippen LogP contribution in [0.25, 0.3) is 11.4 Å². The van der Waals surface area contributed by atoms with Crippen molar-refractivity contribution in [3.05, 3.63) is 30.4 Å². The molecule has 88 valence electrons. The Kier molecular flexibility index (Phi) is 2.83. The highest BCUT2D eigenvalue weighted by atomic mass is 16.5. The standard InChI is InChI=1S/C12H14N4O/c1-3-9(7-13-5-1)11-15-12(17-16-11)10-4-2-6-14-8-10/h1,3,5,7,10,14H,2,4,6,8H2/t10-/m1/s1. The third-order valence-corrected chi connectivity index (χ3v) is 3.01. The van der Waals surface area contributed by atoms with Crippen LogP contribution in [0.15, 0.2) is 29.0 Å². The first-order valence-electron chi connectivity index (χ1n) is 5.88. The van der Waals surface area contributed by atoms with E-state index in [4.69, 9.17) is 4.52 Å². The van der Waals surface area contributed by atoms with Gasteiger partial charge in [-0.15, -0.1) is 0 Å². The average molecular weight is 230 g/mol. The molecule has 1 fully saturated rings. The van der Waals surface area contributed by atoms with E-state index in [0.29, 0.717) is 11.7 Å². The zero-order chi connectivity index (χ0) is 11.5. The van der Waals surface area contributed by atoms with Crippen LogP contribution in [0, 0.1) is 0 Å². The van der Waals surface area contributed by atoms with Crippen molar-refractivity contribution < 1.29 is 4.52 Å². The molecular weight excluding hydrogens is 216 g/mol. The normalized spacial score (nSPS) is 20.4. The number of nitrogens with zero attached hydrogens (tertiary/aromatic N) is 3. The number of piperidine rings is 1. The Hall–Kier alpha value is -1.75. The summed E-state index contributed by atoms with van der Waals surface area (Å²) in [6.45, 7) is 2.01. The van der Waals surface area contributed by atoms with E-state index < -0.39 is 0 Å². The summed E-state index contributed by atoms with van der Waals surface area (Å²) in [5, 5.41) is 7.35. The maximum Gasteiger partial charge on any atom is 0.231 e. The molecule has 0 unspecified atom stereocenters. The van der Waals surface area contributed by atoms with Crippen molar-refractivity contribution in [2.24, 2.45) is 0 Å². The summed E-state index contributed by atoms with van der Waals surface area (Å²) in [5.74, 6) is 1.70. The molecule has 0 saturated carbocycles. The van der Waals surface area contributed by atoms with Gasteiger partial charge in [-0.2, -0.15) is 4.98 Å². The van der Waals surface area contributed by atoms with E-state index in [1.807, 2.05) is 12.1 Å². The first-order valence-corrected chi connectivity index (χ1v) is 5.88. The van der Waals surface area contributed by atoms with Crippen molar-refractivity contribution in [1.29, 1.82) is 0 Å². The summed E-state index contributed by atoms with van der Waals surface area (Å²) in [6.07, 6.45) is 5.75. The lowest BCUT2D eigenvalue weighted by Gasteiger charge is -2.18. The second kappa shape index (κ2) is 4.63. The minimum absolute atomic E-state index is 0.349. The molecule has 1 atom stereocenters. The minimum atomic E-state index is 0.349. The summed E-state index contributed by atoms with van der Waals surface area (Å²) in [7, 11) is 0. The number of rotatable bonds is 2.